The number of sulfonamides is 1. The Balaban J connectivity index is 2.88. The molecule has 1 aromatic carbocycles. The van der Waals surface area contributed by atoms with E-state index < -0.39 is 10.0 Å². The van der Waals surface area contributed by atoms with Crippen LogP contribution in [-0.2, 0) is 21.4 Å². The summed E-state index contributed by atoms with van der Waals surface area (Å²) in [6.07, 6.45) is 0. The molecule has 16 heavy (non-hydrogen) atoms. The van der Waals surface area contributed by atoms with E-state index in [0.29, 0.717) is 12.3 Å². The molecule has 0 atom stereocenters. The van der Waals surface area contributed by atoms with Crippen molar-refractivity contribution in [2.75, 3.05) is 24.1 Å². The molecule has 3 N–H and O–H groups in total. The highest BCUT2D eigenvalue weighted by molar-refractivity contribution is 7.92. The van der Waals surface area contributed by atoms with Crippen LogP contribution in [0.4, 0.5) is 5.69 Å². The zero-order valence-corrected chi connectivity index (χ0v) is 9.96. The van der Waals surface area contributed by atoms with Crippen molar-refractivity contribution >= 4 is 15.7 Å². The van der Waals surface area contributed by atoms with E-state index in [0.717, 1.165) is 5.56 Å². The average molecular weight is 244 g/mol. The van der Waals surface area contributed by atoms with Gasteiger partial charge in [-0.2, -0.15) is 0 Å². The predicted octanol–water partition coefficient (Wildman–Crippen LogP) is 0.533. The van der Waals surface area contributed by atoms with Crippen LogP contribution in [0.3, 0.4) is 0 Å². The van der Waals surface area contributed by atoms with Crippen molar-refractivity contribution in [1.82, 2.24) is 0 Å². The van der Waals surface area contributed by atoms with E-state index in [9.17, 15) is 8.42 Å². The van der Waals surface area contributed by atoms with Crippen molar-refractivity contribution in [3.63, 3.8) is 0 Å². The molecular weight excluding hydrogens is 228 g/mol. The molecule has 1 aromatic rings. The van der Waals surface area contributed by atoms with Gasteiger partial charge in [-0.05, 0) is 6.07 Å². The summed E-state index contributed by atoms with van der Waals surface area (Å²) >= 11 is 0. The first-order valence-electron chi connectivity index (χ1n) is 4.86. The number of methoxy groups -OCH3 is 1. The van der Waals surface area contributed by atoms with Crippen LogP contribution in [0, 0.1) is 0 Å². The maximum atomic E-state index is 11.5. The lowest BCUT2D eigenvalue weighted by Crippen LogP contribution is -2.23. The van der Waals surface area contributed by atoms with Crippen LogP contribution in [0.1, 0.15) is 5.56 Å². The average Bonchev–Trinajstić information content (AvgIpc) is 2.20. The lowest BCUT2D eigenvalue weighted by molar-refractivity contribution is 0.185. The summed E-state index contributed by atoms with van der Waals surface area (Å²) in [4.78, 5) is 0. The normalized spacial score (nSPS) is 11.4. The fourth-order valence-corrected chi connectivity index (χ4v) is 2.22. The highest BCUT2D eigenvalue weighted by Gasteiger charge is 2.11. The Morgan fingerprint density at radius 1 is 1.38 bits per heavy atom. The maximum Gasteiger partial charge on any atom is 0.233 e. The van der Waals surface area contributed by atoms with Gasteiger partial charge in [0.1, 0.15) is 0 Å². The second-order valence-corrected chi connectivity index (χ2v) is 5.14. The van der Waals surface area contributed by atoms with Crippen LogP contribution < -0.4 is 10.5 Å². The zero-order valence-electron chi connectivity index (χ0n) is 9.14. The molecule has 0 fully saturated rings. The Morgan fingerprint density at radius 2 is 2.06 bits per heavy atom. The summed E-state index contributed by atoms with van der Waals surface area (Å²) in [5, 5.41) is 0. The molecule has 1 rings (SSSR count). The molecule has 0 amide bonds. The third kappa shape index (κ3) is 3.80. The highest BCUT2D eigenvalue weighted by Crippen LogP contribution is 2.17. The molecular formula is C10H16N2O3S. The number of anilines is 1. The minimum atomic E-state index is -3.36. The lowest BCUT2D eigenvalue weighted by atomic mass is 10.2. The number of nitrogens with one attached hydrogen (secondary N) is 1. The minimum Gasteiger partial charge on any atom is -0.380 e. The topological polar surface area (TPSA) is 81.4 Å². The molecule has 0 heterocycles. The van der Waals surface area contributed by atoms with E-state index in [-0.39, 0.29) is 12.3 Å². The third-order valence-electron chi connectivity index (χ3n) is 1.97. The van der Waals surface area contributed by atoms with Crippen molar-refractivity contribution in [1.29, 1.82) is 0 Å². The van der Waals surface area contributed by atoms with Gasteiger partial charge in [-0.1, -0.05) is 18.2 Å². The second kappa shape index (κ2) is 5.83. The summed E-state index contributed by atoms with van der Waals surface area (Å²) in [6, 6.07) is 7.10. The largest absolute Gasteiger partial charge is 0.380 e. The molecule has 6 heteroatoms. The molecule has 0 spiro atoms. The molecule has 0 radical (unpaired) electrons. The van der Waals surface area contributed by atoms with Crippen molar-refractivity contribution < 1.29 is 13.2 Å². The Labute approximate surface area is 95.7 Å². The van der Waals surface area contributed by atoms with Crippen LogP contribution in [0.15, 0.2) is 24.3 Å². The molecule has 0 bridgehead atoms. The van der Waals surface area contributed by atoms with Gasteiger partial charge in [0.25, 0.3) is 0 Å². The summed E-state index contributed by atoms with van der Waals surface area (Å²) in [5.41, 5.74) is 6.56. The zero-order chi connectivity index (χ0) is 12.0. The molecule has 0 unspecified atom stereocenters. The Morgan fingerprint density at radius 3 is 2.69 bits per heavy atom. The number of rotatable bonds is 6. The molecule has 0 aliphatic carbocycles. The number of para-hydroxylation sites is 1. The first-order valence-corrected chi connectivity index (χ1v) is 6.51. The maximum absolute atomic E-state index is 11.5. The van der Waals surface area contributed by atoms with Gasteiger partial charge < -0.3 is 10.5 Å². The van der Waals surface area contributed by atoms with E-state index in [4.69, 9.17) is 10.5 Å². The number of hydrogen-bond acceptors (Lipinski definition) is 4. The Hall–Kier alpha value is -1.11. The molecule has 0 saturated heterocycles. The van der Waals surface area contributed by atoms with Gasteiger partial charge in [0.05, 0.1) is 18.0 Å². The SMILES string of the molecule is COCc1ccccc1NS(=O)(=O)CCN. The summed E-state index contributed by atoms with van der Waals surface area (Å²) < 4.78 is 30.5. The van der Waals surface area contributed by atoms with Crippen LogP contribution in [0.5, 0.6) is 0 Å². The molecule has 5 nitrogen and oxygen atoms in total. The second-order valence-electron chi connectivity index (χ2n) is 3.30. The standard InChI is InChI=1S/C10H16N2O3S/c1-15-8-9-4-2-3-5-10(9)12-16(13,14)7-6-11/h2-5,12H,6-8,11H2,1H3. The predicted molar refractivity (Wildman–Crippen MR) is 63.6 cm³/mol. The first-order chi connectivity index (χ1) is 7.59. The summed E-state index contributed by atoms with van der Waals surface area (Å²) in [7, 11) is -1.80. The monoisotopic (exact) mass is 244 g/mol. The molecule has 0 aromatic heterocycles. The van der Waals surface area contributed by atoms with Crippen LogP contribution in [0.2, 0.25) is 0 Å². The van der Waals surface area contributed by atoms with Crippen molar-refractivity contribution in [3.05, 3.63) is 29.8 Å². The number of nitrogens with two attached hydrogens (primary N) is 1. The first kappa shape index (κ1) is 13.0. The van der Waals surface area contributed by atoms with Gasteiger partial charge in [0.15, 0.2) is 0 Å². The summed E-state index contributed by atoms with van der Waals surface area (Å²) in [6.45, 7) is 0.461. The quantitative estimate of drug-likeness (QED) is 0.765. The van der Waals surface area contributed by atoms with Crippen molar-refractivity contribution in [2.45, 2.75) is 6.61 Å². The van der Waals surface area contributed by atoms with E-state index in [1.165, 1.54) is 0 Å². The number of ether oxygens (including phenoxy) is 1. The highest BCUT2D eigenvalue weighted by atomic mass is 32.2. The van der Waals surface area contributed by atoms with Gasteiger partial charge in [0.2, 0.25) is 10.0 Å². The van der Waals surface area contributed by atoms with E-state index in [1.54, 1.807) is 19.2 Å². The van der Waals surface area contributed by atoms with Gasteiger partial charge in [0, 0.05) is 19.2 Å². The molecule has 0 aliphatic rings. The minimum absolute atomic E-state index is 0.0890. The fraction of sp³-hybridized carbons (Fsp3) is 0.400. The van der Waals surface area contributed by atoms with Crippen LogP contribution in [-0.4, -0.2) is 27.8 Å². The summed E-state index contributed by atoms with van der Waals surface area (Å²) in [5.74, 6) is -0.0890. The Bertz CT molecular complexity index is 431. The molecule has 0 aliphatic heterocycles. The van der Waals surface area contributed by atoms with Crippen LogP contribution in [0.25, 0.3) is 0 Å². The van der Waals surface area contributed by atoms with Crippen molar-refractivity contribution in [3.8, 4) is 0 Å². The number of benzene rings is 1. The van der Waals surface area contributed by atoms with Gasteiger partial charge in [-0.25, -0.2) is 8.42 Å². The molecule has 90 valence electrons. The smallest absolute Gasteiger partial charge is 0.233 e. The van der Waals surface area contributed by atoms with Gasteiger partial charge in [-0.15, -0.1) is 0 Å². The Kier molecular flexibility index (Phi) is 4.72. The fourth-order valence-electron chi connectivity index (χ4n) is 1.27. The van der Waals surface area contributed by atoms with Crippen molar-refractivity contribution in [2.24, 2.45) is 5.73 Å². The van der Waals surface area contributed by atoms with Gasteiger partial charge in [-0.3, -0.25) is 4.72 Å². The van der Waals surface area contributed by atoms with Crippen LogP contribution >= 0.6 is 0 Å². The lowest BCUT2D eigenvalue weighted by Gasteiger charge is -2.11. The van der Waals surface area contributed by atoms with E-state index in [2.05, 4.69) is 4.72 Å². The number of hydrogen-bond donors (Lipinski definition) is 2. The van der Waals surface area contributed by atoms with E-state index >= 15 is 0 Å². The van der Waals surface area contributed by atoms with Gasteiger partial charge >= 0.3 is 0 Å². The third-order valence-corrected chi connectivity index (χ3v) is 3.27. The molecule has 0 saturated carbocycles. The van der Waals surface area contributed by atoms with E-state index in [1.807, 2.05) is 12.1 Å².